The van der Waals surface area contributed by atoms with Crippen LogP contribution in [0.3, 0.4) is 0 Å². The van der Waals surface area contributed by atoms with Crippen molar-refractivity contribution in [2.45, 2.75) is 13.5 Å². The molecular formula is C17H20N4O3. The highest BCUT2D eigenvalue weighted by atomic mass is 16.6. The molecule has 2 aromatic rings. The van der Waals surface area contributed by atoms with Crippen LogP contribution in [0.25, 0.3) is 0 Å². The van der Waals surface area contributed by atoms with E-state index < -0.39 is 4.92 Å². The Labute approximate surface area is 140 Å². The third kappa shape index (κ3) is 5.60. The Morgan fingerprint density at radius 3 is 2.29 bits per heavy atom. The van der Waals surface area contributed by atoms with Crippen LogP contribution >= 0.6 is 0 Å². The Kier molecular flexibility index (Phi) is 6.13. The summed E-state index contributed by atoms with van der Waals surface area (Å²) < 4.78 is 0. The molecule has 126 valence electrons. The van der Waals surface area contributed by atoms with E-state index in [0.29, 0.717) is 19.6 Å². The van der Waals surface area contributed by atoms with E-state index in [0.717, 1.165) is 11.3 Å². The van der Waals surface area contributed by atoms with Crippen LogP contribution < -0.4 is 16.0 Å². The molecule has 0 saturated carbocycles. The number of non-ortho nitro benzene ring substituents is 1. The molecular weight excluding hydrogens is 308 g/mol. The fourth-order valence-electron chi connectivity index (χ4n) is 2.03. The Morgan fingerprint density at radius 1 is 1.00 bits per heavy atom. The van der Waals surface area contributed by atoms with Gasteiger partial charge in [-0.15, -0.1) is 0 Å². The van der Waals surface area contributed by atoms with Gasteiger partial charge in [-0.3, -0.25) is 10.1 Å². The van der Waals surface area contributed by atoms with Gasteiger partial charge < -0.3 is 16.0 Å². The molecule has 0 bridgehead atoms. The van der Waals surface area contributed by atoms with Crippen molar-refractivity contribution in [3.8, 4) is 0 Å². The topological polar surface area (TPSA) is 96.3 Å². The highest BCUT2D eigenvalue weighted by Gasteiger charge is 2.03. The maximum atomic E-state index is 11.7. The summed E-state index contributed by atoms with van der Waals surface area (Å²) in [6.45, 7) is 3.45. The van der Waals surface area contributed by atoms with Crippen molar-refractivity contribution < 1.29 is 9.72 Å². The Balaban J connectivity index is 1.63. The lowest BCUT2D eigenvalue weighted by Crippen LogP contribution is -2.37. The molecule has 0 heterocycles. The first-order valence-corrected chi connectivity index (χ1v) is 7.60. The minimum Gasteiger partial charge on any atom is -0.383 e. The van der Waals surface area contributed by atoms with Gasteiger partial charge in [0.1, 0.15) is 0 Å². The van der Waals surface area contributed by atoms with Gasteiger partial charge >= 0.3 is 6.03 Å². The maximum Gasteiger partial charge on any atom is 0.315 e. The number of anilines is 1. The lowest BCUT2D eigenvalue weighted by molar-refractivity contribution is -0.384. The number of urea groups is 1. The molecule has 0 aromatic heterocycles. The summed E-state index contributed by atoms with van der Waals surface area (Å²) in [5.41, 5.74) is 3.04. The Morgan fingerprint density at radius 2 is 1.67 bits per heavy atom. The van der Waals surface area contributed by atoms with E-state index in [1.165, 1.54) is 17.7 Å². The summed E-state index contributed by atoms with van der Waals surface area (Å²) in [4.78, 5) is 21.8. The number of carbonyl (C=O) groups is 1. The summed E-state index contributed by atoms with van der Waals surface area (Å²) in [5, 5.41) is 19.2. The van der Waals surface area contributed by atoms with Crippen LogP contribution in [0.5, 0.6) is 0 Å². The summed E-state index contributed by atoms with van der Waals surface area (Å²) in [6, 6.07) is 13.9. The second-order valence-electron chi connectivity index (χ2n) is 5.33. The largest absolute Gasteiger partial charge is 0.383 e. The molecule has 2 amide bonds. The highest BCUT2D eigenvalue weighted by Crippen LogP contribution is 2.14. The van der Waals surface area contributed by atoms with Crippen molar-refractivity contribution >= 4 is 17.4 Å². The molecule has 0 aliphatic rings. The number of nitrogens with one attached hydrogen (secondary N) is 3. The number of nitrogens with zero attached hydrogens (tertiary/aromatic N) is 1. The average Bonchev–Trinajstić information content (AvgIpc) is 2.58. The van der Waals surface area contributed by atoms with Gasteiger partial charge in [-0.05, 0) is 24.6 Å². The minimum absolute atomic E-state index is 0.0501. The molecule has 0 radical (unpaired) electrons. The third-order valence-corrected chi connectivity index (χ3v) is 3.39. The zero-order valence-corrected chi connectivity index (χ0v) is 13.4. The number of hydrogen-bond acceptors (Lipinski definition) is 4. The molecule has 0 unspecified atom stereocenters. The van der Waals surface area contributed by atoms with E-state index in [-0.39, 0.29) is 11.7 Å². The van der Waals surface area contributed by atoms with Gasteiger partial charge in [-0.25, -0.2) is 4.79 Å². The van der Waals surface area contributed by atoms with E-state index in [2.05, 4.69) is 16.0 Å². The number of hydrogen-bond donors (Lipinski definition) is 3. The number of rotatable bonds is 7. The monoisotopic (exact) mass is 328 g/mol. The van der Waals surface area contributed by atoms with Gasteiger partial charge in [-0.1, -0.05) is 29.8 Å². The molecule has 0 aliphatic carbocycles. The number of amides is 2. The molecule has 2 aromatic carbocycles. The van der Waals surface area contributed by atoms with Crippen molar-refractivity contribution in [3.63, 3.8) is 0 Å². The van der Waals surface area contributed by atoms with Crippen LogP contribution in [0.15, 0.2) is 48.5 Å². The van der Waals surface area contributed by atoms with Crippen LogP contribution in [0.1, 0.15) is 11.1 Å². The normalized spacial score (nSPS) is 10.0. The first-order valence-electron chi connectivity index (χ1n) is 7.60. The molecule has 0 atom stereocenters. The highest BCUT2D eigenvalue weighted by molar-refractivity contribution is 5.73. The minimum atomic E-state index is -0.441. The first-order chi connectivity index (χ1) is 11.5. The molecule has 0 spiro atoms. The third-order valence-electron chi connectivity index (χ3n) is 3.39. The molecule has 0 saturated heterocycles. The van der Waals surface area contributed by atoms with Gasteiger partial charge in [0, 0.05) is 37.5 Å². The standard InChI is InChI=1S/C17H20N4O3/c1-13-2-4-14(5-3-13)12-20-17(22)19-11-10-18-15-6-8-16(9-7-15)21(23)24/h2-9,18H,10-12H2,1H3,(H2,19,20,22). The van der Waals surface area contributed by atoms with Gasteiger partial charge in [-0.2, -0.15) is 0 Å². The number of nitro benzene ring substituents is 1. The number of benzene rings is 2. The van der Waals surface area contributed by atoms with Gasteiger partial charge in [0.15, 0.2) is 0 Å². The maximum absolute atomic E-state index is 11.7. The number of carbonyl (C=O) groups excluding carboxylic acids is 1. The fraction of sp³-hybridized carbons (Fsp3) is 0.235. The average molecular weight is 328 g/mol. The van der Waals surface area contributed by atoms with E-state index in [9.17, 15) is 14.9 Å². The molecule has 7 nitrogen and oxygen atoms in total. The van der Waals surface area contributed by atoms with Crippen molar-refractivity contribution in [1.29, 1.82) is 0 Å². The summed E-state index contributed by atoms with van der Waals surface area (Å²) in [7, 11) is 0. The van der Waals surface area contributed by atoms with Crippen molar-refractivity contribution in [1.82, 2.24) is 10.6 Å². The second kappa shape index (κ2) is 8.52. The van der Waals surface area contributed by atoms with Crippen LogP contribution in [0.2, 0.25) is 0 Å². The fourth-order valence-corrected chi connectivity index (χ4v) is 2.03. The molecule has 0 fully saturated rings. The number of nitro groups is 1. The van der Waals surface area contributed by atoms with E-state index in [1.807, 2.05) is 31.2 Å². The first kappa shape index (κ1) is 17.3. The van der Waals surface area contributed by atoms with E-state index in [4.69, 9.17) is 0 Å². The van der Waals surface area contributed by atoms with E-state index in [1.54, 1.807) is 12.1 Å². The predicted molar refractivity (Wildman–Crippen MR) is 93.0 cm³/mol. The lowest BCUT2D eigenvalue weighted by Gasteiger charge is -2.09. The van der Waals surface area contributed by atoms with Crippen molar-refractivity contribution in [2.24, 2.45) is 0 Å². The quantitative estimate of drug-likeness (QED) is 0.414. The Bertz CT molecular complexity index is 684. The van der Waals surface area contributed by atoms with Crippen molar-refractivity contribution in [2.75, 3.05) is 18.4 Å². The van der Waals surface area contributed by atoms with Crippen LogP contribution in [0.4, 0.5) is 16.2 Å². The SMILES string of the molecule is Cc1ccc(CNC(=O)NCCNc2ccc([N+](=O)[O-])cc2)cc1. The molecule has 3 N–H and O–H groups in total. The Hall–Kier alpha value is -3.09. The molecule has 7 heteroatoms. The smallest absolute Gasteiger partial charge is 0.315 e. The predicted octanol–water partition coefficient (Wildman–Crippen LogP) is 2.81. The van der Waals surface area contributed by atoms with Crippen LogP contribution in [0, 0.1) is 17.0 Å². The van der Waals surface area contributed by atoms with Gasteiger partial charge in [0.25, 0.3) is 5.69 Å². The summed E-state index contributed by atoms with van der Waals surface area (Å²) >= 11 is 0. The lowest BCUT2D eigenvalue weighted by atomic mass is 10.1. The number of aryl methyl sites for hydroxylation is 1. The molecule has 24 heavy (non-hydrogen) atoms. The summed E-state index contributed by atoms with van der Waals surface area (Å²) in [6.07, 6.45) is 0. The van der Waals surface area contributed by atoms with Crippen LogP contribution in [-0.4, -0.2) is 24.0 Å². The zero-order valence-electron chi connectivity index (χ0n) is 13.4. The van der Waals surface area contributed by atoms with Gasteiger partial charge in [0.2, 0.25) is 0 Å². The van der Waals surface area contributed by atoms with E-state index >= 15 is 0 Å². The molecule has 2 rings (SSSR count). The molecule has 0 aliphatic heterocycles. The van der Waals surface area contributed by atoms with Crippen molar-refractivity contribution in [3.05, 3.63) is 69.8 Å². The summed E-state index contributed by atoms with van der Waals surface area (Å²) in [5.74, 6) is 0. The van der Waals surface area contributed by atoms with Crippen LogP contribution in [-0.2, 0) is 6.54 Å². The second-order valence-corrected chi connectivity index (χ2v) is 5.33. The zero-order chi connectivity index (χ0) is 17.4. The van der Waals surface area contributed by atoms with Gasteiger partial charge in [0.05, 0.1) is 4.92 Å².